The number of amides is 2. The van der Waals surface area contributed by atoms with Gasteiger partial charge in [0, 0.05) is 43.2 Å². The molecule has 2 amide bonds. The van der Waals surface area contributed by atoms with Gasteiger partial charge < -0.3 is 9.80 Å². The van der Waals surface area contributed by atoms with E-state index in [0.717, 1.165) is 37.9 Å². The number of likely N-dealkylation sites (tertiary alicyclic amines) is 2. The van der Waals surface area contributed by atoms with Gasteiger partial charge in [-0.1, -0.05) is 12.1 Å². The lowest BCUT2D eigenvalue weighted by atomic mass is 10.0. The summed E-state index contributed by atoms with van der Waals surface area (Å²) in [4.78, 5) is 30.1. The molecule has 1 atom stereocenters. The second-order valence-electron chi connectivity index (χ2n) is 6.92. The van der Waals surface area contributed by atoms with Gasteiger partial charge in [0.2, 0.25) is 11.7 Å². The van der Waals surface area contributed by atoms with E-state index in [1.165, 1.54) is 4.80 Å². The minimum Gasteiger partial charge on any atom is -0.338 e. The molecule has 0 bridgehead atoms. The Bertz CT molecular complexity index is 815. The maximum absolute atomic E-state index is 12.9. The lowest BCUT2D eigenvalue weighted by Gasteiger charge is -2.37. The number of benzene rings is 1. The Hall–Kier alpha value is -2.77. The minimum absolute atomic E-state index is 0.0139. The van der Waals surface area contributed by atoms with Gasteiger partial charge in [0.15, 0.2) is 0 Å². The molecule has 2 fully saturated rings. The average molecular weight is 354 g/mol. The third-order valence-corrected chi connectivity index (χ3v) is 5.13. The lowest BCUT2D eigenvalue weighted by Crippen LogP contribution is -2.50. The maximum atomic E-state index is 12.9. The van der Waals surface area contributed by atoms with Crippen LogP contribution in [0.25, 0.3) is 11.4 Å². The molecule has 0 saturated carbocycles. The van der Waals surface area contributed by atoms with E-state index in [4.69, 9.17) is 0 Å². The van der Waals surface area contributed by atoms with Gasteiger partial charge in [0.25, 0.3) is 5.91 Å². The van der Waals surface area contributed by atoms with Gasteiger partial charge in [0.1, 0.15) is 0 Å². The molecule has 0 radical (unpaired) electrons. The first kappa shape index (κ1) is 16.7. The molecule has 3 heterocycles. The van der Waals surface area contributed by atoms with Crippen LogP contribution in [0.3, 0.4) is 0 Å². The highest BCUT2D eigenvalue weighted by atomic mass is 16.2. The zero-order chi connectivity index (χ0) is 18.1. The van der Waals surface area contributed by atoms with E-state index in [2.05, 4.69) is 15.4 Å². The molecule has 4 rings (SSSR count). The predicted octanol–water partition coefficient (Wildman–Crippen LogP) is 1.10. The summed E-state index contributed by atoms with van der Waals surface area (Å²) >= 11 is 0. The molecule has 8 heteroatoms. The van der Waals surface area contributed by atoms with Crippen molar-refractivity contribution in [3.8, 4) is 11.4 Å². The zero-order valence-electron chi connectivity index (χ0n) is 14.8. The number of hydrogen-bond donors (Lipinski definition) is 0. The van der Waals surface area contributed by atoms with Crippen molar-refractivity contribution in [3.63, 3.8) is 0 Å². The van der Waals surface area contributed by atoms with Crippen LogP contribution in [0.2, 0.25) is 0 Å². The van der Waals surface area contributed by atoms with Crippen molar-refractivity contribution in [1.82, 2.24) is 30.0 Å². The van der Waals surface area contributed by atoms with Crippen LogP contribution in [0.5, 0.6) is 0 Å². The molecule has 26 heavy (non-hydrogen) atoms. The van der Waals surface area contributed by atoms with Gasteiger partial charge in [-0.3, -0.25) is 9.59 Å². The van der Waals surface area contributed by atoms with Crippen LogP contribution in [0.15, 0.2) is 24.3 Å². The number of hydrogen-bond acceptors (Lipinski definition) is 5. The molecule has 2 aliphatic rings. The summed E-state index contributed by atoms with van der Waals surface area (Å²) in [5, 5.41) is 12.0. The topological polar surface area (TPSA) is 84.2 Å². The first-order valence-electron chi connectivity index (χ1n) is 9.05. The largest absolute Gasteiger partial charge is 0.338 e. The summed E-state index contributed by atoms with van der Waals surface area (Å²) in [5.74, 6) is 0.780. The standard InChI is InChI=1S/C18H22N6O2/c1-22-20-17(19-21-22)13-6-8-14(9-7-13)18(26)23-10-2-4-15(12-23)24-11-3-5-16(24)25/h6-9,15H,2-5,10-12H2,1H3/t15-/m1/s1. The van der Waals surface area contributed by atoms with Gasteiger partial charge in [-0.15, -0.1) is 10.2 Å². The summed E-state index contributed by atoms with van der Waals surface area (Å²) in [6.45, 7) is 2.19. The molecule has 1 aromatic carbocycles. The first-order valence-corrected chi connectivity index (χ1v) is 9.05. The van der Waals surface area contributed by atoms with E-state index in [9.17, 15) is 9.59 Å². The number of aromatic nitrogens is 4. The van der Waals surface area contributed by atoms with E-state index in [-0.39, 0.29) is 17.9 Å². The van der Waals surface area contributed by atoms with Crippen LogP contribution in [0.4, 0.5) is 0 Å². The Balaban J connectivity index is 1.45. The highest BCUT2D eigenvalue weighted by molar-refractivity contribution is 5.94. The molecule has 0 aliphatic carbocycles. The fourth-order valence-corrected chi connectivity index (χ4v) is 3.79. The molecule has 136 valence electrons. The van der Waals surface area contributed by atoms with Crippen LogP contribution < -0.4 is 0 Å². The fraction of sp³-hybridized carbons (Fsp3) is 0.500. The van der Waals surface area contributed by atoms with Crippen molar-refractivity contribution in [1.29, 1.82) is 0 Å². The Kier molecular flexibility index (Phi) is 4.40. The van der Waals surface area contributed by atoms with Crippen molar-refractivity contribution in [3.05, 3.63) is 29.8 Å². The molecule has 1 aromatic heterocycles. The number of carbonyl (C=O) groups is 2. The molecule has 2 saturated heterocycles. The molecule has 0 unspecified atom stereocenters. The Morgan fingerprint density at radius 2 is 1.96 bits per heavy atom. The van der Waals surface area contributed by atoms with E-state index < -0.39 is 0 Å². The SMILES string of the molecule is Cn1nnc(-c2ccc(C(=O)N3CCC[C@@H](N4CCCC4=O)C3)cc2)n1. The van der Waals surface area contributed by atoms with Crippen LogP contribution >= 0.6 is 0 Å². The summed E-state index contributed by atoms with van der Waals surface area (Å²) in [6, 6.07) is 7.45. The summed E-state index contributed by atoms with van der Waals surface area (Å²) in [7, 11) is 1.71. The number of tetrazole rings is 1. The van der Waals surface area contributed by atoms with E-state index in [1.54, 1.807) is 19.2 Å². The van der Waals surface area contributed by atoms with Gasteiger partial charge in [-0.05, 0) is 36.6 Å². The van der Waals surface area contributed by atoms with Crippen molar-refractivity contribution < 1.29 is 9.59 Å². The Morgan fingerprint density at radius 3 is 2.62 bits per heavy atom. The van der Waals surface area contributed by atoms with Crippen LogP contribution in [0, 0.1) is 0 Å². The third-order valence-electron chi connectivity index (χ3n) is 5.13. The number of nitrogens with zero attached hydrogens (tertiary/aromatic N) is 6. The second-order valence-corrected chi connectivity index (χ2v) is 6.92. The lowest BCUT2D eigenvalue weighted by molar-refractivity contribution is -0.130. The molecule has 0 spiro atoms. The highest BCUT2D eigenvalue weighted by Gasteiger charge is 2.33. The van der Waals surface area contributed by atoms with Gasteiger partial charge in [0.05, 0.1) is 7.05 Å². The van der Waals surface area contributed by atoms with Crippen LogP contribution in [0.1, 0.15) is 36.0 Å². The van der Waals surface area contributed by atoms with Crippen LogP contribution in [-0.4, -0.2) is 67.5 Å². The highest BCUT2D eigenvalue weighted by Crippen LogP contribution is 2.23. The number of aryl methyl sites for hydroxylation is 1. The van der Waals surface area contributed by atoms with Gasteiger partial charge in [-0.2, -0.15) is 4.80 Å². The molecule has 2 aliphatic heterocycles. The molecular weight excluding hydrogens is 332 g/mol. The summed E-state index contributed by atoms with van der Waals surface area (Å²) in [6.07, 6.45) is 3.48. The second kappa shape index (κ2) is 6.86. The summed E-state index contributed by atoms with van der Waals surface area (Å²) in [5.41, 5.74) is 1.47. The molecule has 2 aromatic rings. The normalized spacial score (nSPS) is 20.7. The van der Waals surface area contributed by atoms with Crippen molar-refractivity contribution in [2.24, 2.45) is 7.05 Å². The van der Waals surface area contributed by atoms with E-state index in [0.29, 0.717) is 24.4 Å². The zero-order valence-corrected chi connectivity index (χ0v) is 14.8. The predicted molar refractivity (Wildman–Crippen MR) is 94.1 cm³/mol. The maximum Gasteiger partial charge on any atom is 0.253 e. The quantitative estimate of drug-likeness (QED) is 0.824. The van der Waals surface area contributed by atoms with E-state index in [1.807, 2.05) is 21.9 Å². The monoisotopic (exact) mass is 354 g/mol. The Labute approximate surface area is 151 Å². The van der Waals surface area contributed by atoms with Crippen LogP contribution in [-0.2, 0) is 11.8 Å². The molecule has 0 N–H and O–H groups in total. The minimum atomic E-state index is 0.0139. The Morgan fingerprint density at radius 1 is 1.15 bits per heavy atom. The summed E-state index contributed by atoms with van der Waals surface area (Å²) < 4.78 is 0. The third kappa shape index (κ3) is 3.18. The average Bonchev–Trinajstić information content (AvgIpc) is 3.30. The van der Waals surface area contributed by atoms with Gasteiger partial charge >= 0.3 is 0 Å². The molecular formula is C18H22N6O2. The van der Waals surface area contributed by atoms with Crippen molar-refractivity contribution >= 4 is 11.8 Å². The van der Waals surface area contributed by atoms with E-state index >= 15 is 0 Å². The molecule has 8 nitrogen and oxygen atoms in total. The fourth-order valence-electron chi connectivity index (χ4n) is 3.79. The van der Waals surface area contributed by atoms with Gasteiger partial charge in [-0.25, -0.2) is 0 Å². The van der Waals surface area contributed by atoms with Crippen molar-refractivity contribution in [2.75, 3.05) is 19.6 Å². The number of piperidine rings is 1. The first-order chi connectivity index (χ1) is 12.6. The number of rotatable bonds is 3. The number of carbonyl (C=O) groups excluding carboxylic acids is 2. The smallest absolute Gasteiger partial charge is 0.253 e. The van der Waals surface area contributed by atoms with Crippen molar-refractivity contribution in [2.45, 2.75) is 31.7 Å².